The largest absolute Gasteiger partial charge is 0.417 e. The molecule has 1 aromatic carbocycles. The minimum Gasteiger partial charge on any atom is -0.393 e. The maximum atomic E-state index is 13.2. The van der Waals surface area contributed by atoms with E-state index in [2.05, 4.69) is 15.0 Å². The lowest BCUT2D eigenvalue weighted by Gasteiger charge is -2.21. The number of rotatable bonds is 3. The van der Waals surface area contributed by atoms with Crippen LogP contribution in [0.3, 0.4) is 0 Å². The lowest BCUT2D eigenvalue weighted by atomic mass is 9.93. The van der Waals surface area contributed by atoms with Crippen LogP contribution in [0.1, 0.15) is 46.8 Å². The van der Waals surface area contributed by atoms with E-state index in [1.807, 2.05) is 0 Å². The molecule has 134 valence electrons. The van der Waals surface area contributed by atoms with Gasteiger partial charge in [0.15, 0.2) is 5.69 Å². The van der Waals surface area contributed by atoms with Gasteiger partial charge in [-0.1, -0.05) is 16.8 Å². The van der Waals surface area contributed by atoms with Gasteiger partial charge in [-0.2, -0.15) is 13.2 Å². The normalized spacial score (nSPS) is 20.7. The van der Waals surface area contributed by atoms with E-state index in [-0.39, 0.29) is 29.3 Å². The number of aliphatic hydroxyl groups is 1. The summed E-state index contributed by atoms with van der Waals surface area (Å²) in [4.78, 5) is 12.2. The van der Waals surface area contributed by atoms with Crippen LogP contribution in [0.15, 0.2) is 29.0 Å². The Kier molecular flexibility index (Phi) is 4.75. The van der Waals surface area contributed by atoms with Gasteiger partial charge in [-0.25, -0.2) is 0 Å². The van der Waals surface area contributed by atoms with Gasteiger partial charge >= 0.3 is 6.18 Å². The quantitative estimate of drug-likeness (QED) is 0.843. The molecular formula is C16H14ClF3N2O3. The first-order valence-corrected chi connectivity index (χ1v) is 7.94. The van der Waals surface area contributed by atoms with E-state index in [9.17, 15) is 23.1 Å². The predicted molar refractivity (Wildman–Crippen MR) is 83.5 cm³/mol. The van der Waals surface area contributed by atoms with E-state index in [1.54, 1.807) is 0 Å². The number of aromatic nitrogens is 1. The molecule has 9 heteroatoms. The first-order valence-electron chi connectivity index (χ1n) is 7.56. The van der Waals surface area contributed by atoms with E-state index in [0.29, 0.717) is 12.8 Å². The lowest BCUT2D eigenvalue weighted by molar-refractivity contribution is -0.137. The van der Waals surface area contributed by atoms with Crippen molar-refractivity contribution in [3.63, 3.8) is 0 Å². The zero-order valence-electron chi connectivity index (χ0n) is 12.8. The molecule has 0 radical (unpaired) electrons. The Balaban J connectivity index is 2.02. The van der Waals surface area contributed by atoms with Gasteiger partial charge in [0.05, 0.1) is 16.7 Å². The third kappa shape index (κ3) is 3.64. The Labute approximate surface area is 145 Å². The van der Waals surface area contributed by atoms with E-state index in [1.165, 1.54) is 18.4 Å². The molecule has 0 spiro atoms. The van der Waals surface area contributed by atoms with Gasteiger partial charge in [-0.3, -0.25) is 4.79 Å². The van der Waals surface area contributed by atoms with Gasteiger partial charge < -0.3 is 14.9 Å². The fourth-order valence-corrected chi connectivity index (χ4v) is 3.48. The highest BCUT2D eigenvalue weighted by Crippen LogP contribution is 2.46. The highest BCUT2D eigenvalue weighted by atomic mass is 35.5. The number of hydrogen-bond donors (Lipinski definition) is 2. The van der Waals surface area contributed by atoms with Crippen molar-refractivity contribution in [2.75, 3.05) is 5.32 Å². The molecule has 0 bridgehead atoms. The molecule has 1 aromatic heterocycles. The summed E-state index contributed by atoms with van der Waals surface area (Å²) in [6, 6.07) is 3.34. The fraction of sp³-hybridized carbons (Fsp3) is 0.375. The summed E-state index contributed by atoms with van der Waals surface area (Å²) in [7, 11) is 0. The number of nitrogens with one attached hydrogen (secondary N) is 1. The average molecular weight is 375 g/mol. The van der Waals surface area contributed by atoms with Gasteiger partial charge in [-0.05, 0) is 42.9 Å². The third-order valence-corrected chi connectivity index (χ3v) is 4.62. The minimum absolute atomic E-state index is 0.00609. The van der Waals surface area contributed by atoms with E-state index in [0.717, 1.165) is 6.07 Å². The zero-order valence-corrected chi connectivity index (χ0v) is 13.6. The molecule has 5 nitrogen and oxygen atoms in total. The molecule has 2 aromatic rings. The first-order chi connectivity index (χ1) is 11.8. The summed E-state index contributed by atoms with van der Waals surface area (Å²) < 4.78 is 44.1. The van der Waals surface area contributed by atoms with Crippen molar-refractivity contribution in [1.82, 2.24) is 5.16 Å². The molecule has 3 rings (SSSR count). The maximum absolute atomic E-state index is 13.2. The summed E-state index contributed by atoms with van der Waals surface area (Å²) in [5, 5.41) is 15.3. The average Bonchev–Trinajstić information content (AvgIpc) is 3.17. The monoisotopic (exact) mass is 374 g/mol. The van der Waals surface area contributed by atoms with E-state index < -0.39 is 28.8 Å². The summed E-state index contributed by atoms with van der Waals surface area (Å²) in [6.07, 6.45) is -2.77. The van der Waals surface area contributed by atoms with Gasteiger partial charge in [0.1, 0.15) is 6.26 Å². The van der Waals surface area contributed by atoms with Gasteiger partial charge in [-0.15, -0.1) is 0 Å². The van der Waals surface area contributed by atoms with Crippen molar-refractivity contribution in [2.45, 2.75) is 37.5 Å². The van der Waals surface area contributed by atoms with Crippen molar-refractivity contribution in [1.29, 1.82) is 0 Å². The summed E-state index contributed by atoms with van der Waals surface area (Å²) in [5.74, 6) is -0.998. The molecule has 0 unspecified atom stereocenters. The number of carbonyl (C=O) groups is 1. The number of hydrogen-bond acceptors (Lipinski definition) is 4. The lowest BCUT2D eigenvalue weighted by Crippen LogP contribution is -2.16. The van der Waals surface area contributed by atoms with E-state index in [4.69, 9.17) is 11.6 Å². The summed E-state index contributed by atoms with van der Waals surface area (Å²) >= 11 is 6.05. The third-order valence-electron chi connectivity index (χ3n) is 4.22. The van der Waals surface area contributed by atoms with Crippen molar-refractivity contribution in [3.8, 4) is 0 Å². The molecular weight excluding hydrogens is 361 g/mol. The van der Waals surface area contributed by atoms with Crippen molar-refractivity contribution < 1.29 is 27.6 Å². The van der Waals surface area contributed by atoms with Crippen molar-refractivity contribution >= 4 is 23.2 Å². The first kappa shape index (κ1) is 17.8. The second-order valence-corrected chi connectivity index (χ2v) is 6.27. The van der Waals surface area contributed by atoms with Crippen LogP contribution in [0.25, 0.3) is 0 Å². The van der Waals surface area contributed by atoms with Crippen molar-refractivity contribution in [3.05, 3.63) is 46.3 Å². The second kappa shape index (κ2) is 6.68. The number of aliphatic hydroxyl groups excluding tert-OH is 1. The van der Waals surface area contributed by atoms with Crippen LogP contribution in [0, 0.1) is 0 Å². The highest BCUT2D eigenvalue weighted by molar-refractivity contribution is 6.33. The van der Waals surface area contributed by atoms with Crippen LogP contribution in [-0.2, 0) is 6.18 Å². The summed E-state index contributed by atoms with van der Waals surface area (Å²) in [5.41, 5.74) is -0.617. The molecule has 1 fully saturated rings. The maximum Gasteiger partial charge on any atom is 0.417 e. The van der Waals surface area contributed by atoms with Crippen LogP contribution in [0.4, 0.5) is 18.9 Å². The zero-order chi connectivity index (χ0) is 18.2. The molecule has 0 saturated heterocycles. The van der Waals surface area contributed by atoms with Crippen LogP contribution in [0.5, 0.6) is 0 Å². The SMILES string of the molecule is O=C(Nc1ccc(C(F)(F)F)c(Cl)c1[C@H]1CC[C@@H](O)C1)c1ccon1. The molecule has 1 heterocycles. The van der Waals surface area contributed by atoms with Crippen LogP contribution < -0.4 is 5.32 Å². The number of amides is 1. The van der Waals surface area contributed by atoms with Crippen LogP contribution in [0.2, 0.25) is 5.02 Å². The van der Waals surface area contributed by atoms with Crippen LogP contribution >= 0.6 is 11.6 Å². The highest BCUT2D eigenvalue weighted by Gasteiger charge is 2.37. The minimum atomic E-state index is -4.61. The molecule has 0 aliphatic heterocycles. The molecule has 1 amide bonds. The number of alkyl halides is 3. The molecule has 1 saturated carbocycles. The van der Waals surface area contributed by atoms with Crippen molar-refractivity contribution in [2.24, 2.45) is 0 Å². The van der Waals surface area contributed by atoms with Gasteiger partial charge in [0.2, 0.25) is 0 Å². The van der Waals surface area contributed by atoms with E-state index >= 15 is 0 Å². The number of anilines is 1. The van der Waals surface area contributed by atoms with Gasteiger partial charge in [0.25, 0.3) is 5.91 Å². The molecule has 1 aliphatic carbocycles. The fourth-order valence-electron chi connectivity index (χ4n) is 3.06. The summed E-state index contributed by atoms with van der Waals surface area (Å²) in [6.45, 7) is 0. The predicted octanol–water partition coefficient (Wildman–Crippen LogP) is 4.23. The molecule has 2 N–H and O–H groups in total. The van der Waals surface area contributed by atoms with Gasteiger partial charge in [0, 0.05) is 11.8 Å². The number of benzene rings is 1. The number of carbonyl (C=O) groups excluding carboxylic acids is 1. The molecule has 1 aliphatic rings. The molecule has 2 atom stereocenters. The smallest absolute Gasteiger partial charge is 0.393 e. The Hall–Kier alpha value is -2.06. The van der Waals surface area contributed by atoms with Crippen LogP contribution in [-0.4, -0.2) is 22.3 Å². The standard InChI is InChI=1S/C16H14ClF3N2O3/c17-14-10(16(18,19)20)3-4-11(13(14)8-1-2-9(23)7-8)21-15(24)12-5-6-25-22-12/h3-6,8-9,23H,1-2,7H2,(H,21,24)/t8-,9+/m0/s1. The molecule has 25 heavy (non-hydrogen) atoms. The number of halogens is 4. The Bertz CT molecular complexity index is 778. The topological polar surface area (TPSA) is 75.4 Å². The second-order valence-electron chi connectivity index (χ2n) is 5.89. The number of nitrogens with zero attached hydrogens (tertiary/aromatic N) is 1. The Morgan fingerprint density at radius 2 is 2.08 bits per heavy atom. The Morgan fingerprint density at radius 1 is 1.32 bits per heavy atom. The Morgan fingerprint density at radius 3 is 2.64 bits per heavy atom.